The number of halogens is 2. The Kier molecular flexibility index (Phi) is 5.13. The molecule has 9 heteroatoms. The Balaban J connectivity index is 1.49. The molecule has 0 amide bonds. The molecule has 1 aromatic heterocycles. The maximum Gasteiger partial charge on any atom is 0.199 e. The van der Waals surface area contributed by atoms with Crippen LogP contribution in [0.3, 0.4) is 0 Å². The first kappa shape index (κ1) is 19.7. The van der Waals surface area contributed by atoms with E-state index < -0.39 is 11.6 Å². The predicted molar refractivity (Wildman–Crippen MR) is 114 cm³/mol. The molecule has 3 N–H and O–H groups in total. The molecule has 0 bridgehead atoms. The fourth-order valence-corrected chi connectivity index (χ4v) is 3.97. The number of rotatable bonds is 5. The summed E-state index contributed by atoms with van der Waals surface area (Å²) in [5, 5.41) is 18.5. The van der Waals surface area contributed by atoms with Crippen LogP contribution in [0.1, 0.15) is 11.1 Å². The zero-order chi connectivity index (χ0) is 21.4. The van der Waals surface area contributed by atoms with E-state index in [9.17, 15) is 13.9 Å². The lowest BCUT2D eigenvalue weighted by Gasteiger charge is -2.26. The second-order valence-corrected chi connectivity index (χ2v) is 7.53. The van der Waals surface area contributed by atoms with Crippen molar-refractivity contribution in [2.24, 2.45) is 10.1 Å². The van der Waals surface area contributed by atoms with Gasteiger partial charge in [0.25, 0.3) is 0 Å². The molecular formula is C22H21F2N5O2. The molecule has 1 saturated heterocycles. The predicted octanol–water partition coefficient (Wildman–Crippen LogP) is 2.91. The van der Waals surface area contributed by atoms with Gasteiger partial charge >= 0.3 is 0 Å². The normalized spacial score (nSPS) is 17.9. The summed E-state index contributed by atoms with van der Waals surface area (Å²) in [6, 6.07) is 8.34. The number of oxime groups is 1. The van der Waals surface area contributed by atoms with E-state index in [1.54, 1.807) is 6.07 Å². The number of H-pyrrole nitrogens is 1. The molecule has 1 fully saturated rings. The molecule has 5 rings (SSSR count). The summed E-state index contributed by atoms with van der Waals surface area (Å²) in [6.07, 6.45) is 0. The van der Waals surface area contributed by atoms with Gasteiger partial charge in [0.05, 0.1) is 11.3 Å². The largest absolute Gasteiger partial charge is 0.494 e. The van der Waals surface area contributed by atoms with Crippen LogP contribution in [0.4, 0.5) is 14.5 Å². The number of piperazine rings is 1. The Bertz CT molecular complexity index is 1200. The van der Waals surface area contributed by atoms with Gasteiger partial charge in [-0.25, -0.2) is 13.8 Å². The molecule has 3 heterocycles. The lowest BCUT2D eigenvalue weighted by molar-refractivity contribution is 0.106. The Hall–Kier alpha value is -3.30. The fraction of sp³-hybridized carbons (Fsp3) is 0.273. The van der Waals surface area contributed by atoms with Crippen molar-refractivity contribution < 1.29 is 18.7 Å². The van der Waals surface area contributed by atoms with Crippen molar-refractivity contribution in [1.82, 2.24) is 15.2 Å². The quantitative estimate of drug-likeness (QED) is 0.434. The molecule has 160 valence electrons. The molecule has 0 aliphatic carbocycles. The molecule has 0 spiro atoms. The number of aromatic nitrogens is 1. The van der Waals surface area contributed by atoms with E-state index in [2.05, 4.69) is 25.3 Å². The van der Waals surface area contributed by atoms with E-state index in [1.165, 1.54) is 30.3 Å². The van der Waals surface area contributed by atoms with Gasteiger partial charge in [0, 0.05) is 49.2 Å². The number of hydrogen-bond donors (Lipinski definition) is 3. The highest BCUT2D eigenvalue weighted by atomic mass is 19.1. The van der Waals surface area contributed by atoms with Crippen molar-refractivity contribution in [2.75, 3.05) is 39.3 Å². The number of hydrogen-bond acceptors (Lipinski definition) is 6. The minimum Gasteiger partial charge on any atom is -0.494 e. The van der Waals surface area contributed by atoms with Crippen LogP contribution in [0.2, 0.25) is 0 Å². The van der Waals surface area contributed by atoms with Crippen LogP contribution in [0.25, 0.3) is 10.9 Å². The average Bonchev–Trinajstić information content (AvgIpc) is 3.27. The summed E-state index contributed by atoms with van der Waals surface area (Å²) in [5.41, 5.74) is 2.43. The third-order valence-corrected chi connectivity index (χ3v) is 5.51. The van der Waals surface area contributed by atoms with Gasteiger partial charge in [0.15, 0.2) is 5.88 Å². The molecule has 2 aliphatic rings. The number of nitrogens with one attached hydrogen (secondary N) is 2. The van der Waals surface area contributed by atoms with Crippen molar-refractivity contribution in [3.8, 4) is 5.88 Å². The molecule has 3 aromatic rings. The van der Waals surface area contributed by atoms with E-state index >= 15 is 0 Å². The van der Waals surface area contributed by atoms with Gasteiger partial charge in [-0.15, -0.1) is 0 Å². The van der Waals surface area contributed by atoms with Crippen LogP contribution >= 0.6 is 0 Å². The third kappa shape index (κ3) is 3.77. The number of fused-ring (bicyclic) bond motifs is 2. The molecule has 0 radical (unpaired) electrons. The smallest absolute Gasteiger partial charge is 0.199 e. The van der Waals surface area contributed by atoms with Gasteiger partial charge in [-0.1, -0.05) is 5.16 Å². The summed E-state index contributed by atoms with van der Waals surface area (Å²) in [4.78, 5) is 15.2. The van der Waals surface area contributed by atoms with E-state index in [0.717, 1.165) is 26.2 Å². The fourth-order valence-electron chi connectivity index (χ4n) is 3.97. The van der Waals surface area contributed by atoms with Gasteiger partial charge in [-0.05, 0) is 36.4 Å². The zero-order valence-corrected chi connectivity index (χ0v) is 16.7. The van der Waals surface area contributed by atoms with E-state index in [0.29, 0.717) is 52.3 Å². The van der Waals surface area contributed by atoms with Gasteiger partial charge in [0.1, 0.15) is 29.7 Å². The molecule has 0 saturated carbocycles. The molecular weight excluding hydrogens is 404 g/mol. The third-order valence-electron chi connectivity index (χ3n) is 5.51. The van der Waals surface area contributed by atoms with Crippen molar-refractivity contribution in [3.63, 3.8) is 0 Å². The van der Waals surface area contributed by atoms with Crippen LogP contribution in [0, 0.1) is 11.6 Å². The first-order chi connectivity index (χ1) is 15.1. The highest BCUT2D eigenvalue weighted by molar-refractivity contribution is 6.58. The van der Waals surface area contributed by atoms with Crippen LogP contribution in [-0.2, 0) is 4.84 Å². The Morgan fingerprint density at radius 3 is 2.71 bits per heavy atom. The van der Waals surface area contributed by atoms with Gasteiger partial charge in [0.2, 0.25) is 0 Å². The monoisotopic (exact) mass is 425 g/mol. The topological polar surface area (TPSA) is 85.2 Å². The van der Waals surface area contributed by atoms with Crippen LogP contribution in [0.5, 0.6) is 5.88 Å². The summed E-state index contributed by atoms with van der Waals surface area (Å²) >= 11 is 0. The summed E-state index contributed by atoms with van der Waals surface area (Å²) in [5.74, 6) is -1.04. The van der Waals surface area contributed by atoms with Gasteiger partial charge in [-0.3, -0.25) is 4.90 Å². The minimum absolute atomic E-state index is 0.166. The van der Waals surface area contributed by atoms with Crippen LogP contribution in [0.15, 0.2) is 46.5 Å². The molecule has 2 aliphatic heterocycles. The number of aliphatic imine (C=N–C) groups is 1. The maximum atomic E-state index is 14.0. The number of benzene rings is 2. The van der Waals surface area contributed by atoms with Crippen LogP contribution in [-0.4, -0.2) is 65.7 Å². The second-order valence-electron chi connectivity index (χ2n) is 7.53. The van der Waals surface area contributed by atoms with Gasteiger partial charge in [-0.2, -0.15) is 0 Å². The van der Waals surface area contributed by atoms with E-state index in [-0.39, 0.29) is 5.88 Å². The lowest BCUT2D eigenvalue weighted by atomic mass is 10.0. The Morgan fingerprint density at radius 2 is 1.87 bits per heavy atom. The number of aromatic amines is 1. The van der Waals surface area contributed by atoms with Crippen molar-refractivity contribution in [3.05, 3.63) is 59.2 Å². The molecule has 31 heavy (non-hydrogen) atoms. The minimum atomic E-state index is -0.444. The Labute approximate surface area is 177 Å². The number of aromatic hydroxyl groups is 1. The maximum absolute atomic E-state index is 14.0. The summed E-state index contributed by atoms with van der Waals surface area (Å²) in [7, 11) is 0. The van der Waals surface area contributed by atoms with Crippen LogP contribution < -0.4 is 5.32 Å². The molecule has 7 nitrogen and oxygen atoms in total. The lowest BCUT2D eigenvalue weighted by Crippen LogP contribution is -2.44. The highest BCUT2D eigenvalue weighted by Gasteiger charge is 2.30. The second kappa shape index (κ2) is 8.09. The molecule has 0 atom stereocenters. The molecule has 0 unspecified atom stereocenters. The van der Waals surface area contributed by atoms with Gasteiger partial charge < -0.3 is 20.2 Å². The van der Waals surface area contributed by atoms with E-state index in [1.807, 2.05) is 0 Å². The standard InChI is InChI=1S/C22H21F2N5O2/c23-13-1-3-17-15(11-13)19(22(30)27-17)21-20(16-12-14(24)2-4-18(16)26-21)28-31-10-9-29-7-5-25-6-8-29/h1-4,11-12,25,27,30H,5-10H2. The average molecular weight is 425 g/mol. The van der Waals surface area contributed by atoms with Crippen molar-refractivity contribution in [2.45, 2.75) is 0 Å². The van der Waals surface area contributed by atoms with Crippen molar-refractivity contribution in [1.29, 1.82) is 0 Å². The van der Waals surface area contributed by atoms with E-state index in [4.69, 9.17) is 4.84 Å². The SMILES string of the molecule is Oc1[nH]c2ccc(F)cc2c1C1=Nc2ccc(F)cc2C1=NOCCN1CCNCC1. The highest BCUT2D eigenvalue weighted by Crippen LogP contribution is 2.36. The summed E-state index contributed by atoms with van der Waals surface area (Å²) < 4.78 is 27.9. The first-order valence-electron chi connectivity index (χ1n) is 10.1. The first-order valence-corrected chi connectivity index (χ1v) is 10.1. The van der Waals surface area contributed by atoms with Crippen molar-refractivity contribution >= 4 is 28.0 Å². The zero-order valence-electron chi connectivity index (χ0n) is 16.7. The number of nitrogens with zero attached hydrogens (tertiary/aromatic N) is 3. The Morgan fingerprint density at radius 1 is 1.10 bits per heavy atom. The summed E-state index contributed by atoms with van der Waals surface area (Å²) in [6.45, 7) is 4.83. The molecule has 2 aromatic carbocycles.